The van der Waals surface area contributed by atoms with Gasteiger partial charge in [-0.15, -0.1) is 0 Å². The second-order valence-electron chi connectivity index (χ2n) is 7.24. The van der Waals surface area contributed by atoms with E-state index in [1.54, 1.807) is 0 Å². The summed E-state index contributed by atoms with van der Waals surface area (Å²) in [5.74, 6) is 0. The lowest BCUT2D eigenvalue weighted by Gasteiger charge is -2.21. The normalized spacial score (nSPS) is 19.2. The summed E-state index contributed by atoms with van der Waals surface area (Å²) >= 11 is 0. The van der Waals surface area contributed by atoms with Gasteiger partial charge in [0.25, 0.3) is 0 Å². The van der Waals surface area contributed by atoms with Crippen molar-refractivity contribution >= 4 is 21.7 Å². The first-order valence-corrected chi connectivity index (χ1v) is 10.8. The molecule has 0 amide bonds. The molecule has 0 aliphatic carbocycles. The van der Waals surface area contributed by atoms with Gasteiger partial charge in [-0.3, -0.25) is 0 Å². The van der Waals surface area contributed by atoms with Crippen molar-refractivity contribution in [3.8, 4) is 0 Å². The van der Waals surface area contributed by atoms with Gasteiger partial charge in [0.05, 0.1) is 20.6 Å². The molecule has 0 bridgehead atoms. The van der Waals surface area contributed by atoms with Crippen molar-refractivity contribution in [2.75, 3.05) is 0 Å². The topological polar surface area (TPSA) is 17.1 Å². The Morgan fingerprint density at radius 2 is 1.20 bits per heavy atom. The van der Waals surface area contributed by atoms with E-state index in [1.165, 1.54) is 20.2 Å². The summed E-state index contributed by atoms with van der Waals surface area (Å²) in [6.45, 7) is 6.70. The van der Waals surface area contributed by atoms with Crippen molar-refractivity contribution < 1.29 is 4.21 Å². The zero-order chi connectivity index (χ0) is 17.6. The lowest BCUT2D eigenvalue weighted by atomic mass is 9.87. The first-order chi connectivity index (χ1) is 12.0. The predicted octanol–water partition coefficient (Wildman–Crippen LogP) is 5.56. The summed E-state index contributed by atoms with van der Waals surface area (Å²) < 4.78 is 13.0. The smallest absolute Gasteiger partial charge is 0.183 e. The summed E-state index contributed by atoms with van der Waals surface area (Å²) in [4.78, 5) is 5.55. The van der Waals surface area contributed by atoms with Crippen LogP contribution in [0.1, 0.15) is 26.3 Å². The summed E-state index contributed by atoms with van der Waals surface area (Å²) in [7, 11) is -1.30. The van der Waals surface area contributed by atoms with E-state index in [1.807, 2.05) is 36.4 Å². The molecule has 0 atom stereocenters. The average Bonchev–Trinajstić information content (AvgIpc) is 2.62. The monoisotopic (exact) mass is 365 g/mol. The van der Waals surface area contributed by atoms with Gasteiger partial charge < -0.3 is 0 Å². The Balaban J connectivity index is 1.90. The average molecular weight is 366 g/mol. The maximum Gasteiger partial charge on any atom is 0.183 e. The molecule has 0 fully saturated rings. The van der Waals surface area contributed by atoms with Crippen molar-refractivity contribution in [2.24, 2.45) is 0 Å². The van der Waals surface area contributed by atoms with Crippen LogP contribution in [-0.4, -0.2) is 4.21 Å². The van der Waals surface area contributed by atoms with Crippen LogP contribution in [0.3, 0.4) is 0 Å². The predicted molar refractivity (Wildman–Crippen MR) is 105 cm³/mol. The van der Waals surface area contributed by atoms with Crippen LogP contribution in [0.15, 0.2) is 97.3 Å². The zero-order valence-corrected chi connectivity index (χ0v) is 16.3. The molecule has 1 nitrogen and oxygen atoms in total. The maximum absolute atomic E-state index is 13.0. The molecule has 25 heavy (non-hydrogen) atoms. The Bertz CT molecular complexity index is 903. The zero-order valence-electron chi connectivity index (χ0n) is 14.7. The molecule has 0 spiro atoms. The van der Waals surface area contributed by atoms with Gasteiger partial charge in [0, 0.05) is 0 Å². The van der Waals surface area contributed by atoms with E-state index < -0.39 is 10.8 Å². The minimum Gasteiger partial charge on any atom is -0.249 e. The Morgan fingerprint density at radius 1 is 0.720 bits per heavy atom. The minimum atomic E-state index is -1.10. The molecule has 0 N–H and O–H groups in total. The van der Waals surface area contributed by atoms with E-state index in [0.717, 1.165) is 9.79 Å². The molecule has 1 aliphatic heterocycles. The lowest BCUT2D eigenvalue weighted by molar-refractivity contribution is 0.589. The molecule has 1 heterocycles. The molecule has 126 valence electrons. The molecule has 0 saturated carbocycles. The number of rotatable bonds is 1. The molecular formula is C22H21OS2+. The Labute approximate surface area is 154 Å². The van der Waals surface area contributed by atoms with Gasteiger partial charge in [0.2, 0.25) is 0 Å². The molecule has 0 unspecified atom stereocenters. The van der Waals surface area contributed by atoms with Gasteiger partial charge in [0.15, 0.2) is 14.7 Å². The molecule has 3 aromatic rings. The van der Waals surface area contributed by atoms with Crippen LogP contribution in [0.25, 0.3) is 0 Å². The molecule has 0 radical (unpaired) electrons. The van der Waals surface area contributed by atoms with Crippen LogP contribution in [0.2, 0.25) is 0 Å². The summed E-state index contributed by atoms with van der Waals surface area (Å²) in [5.41, 5.74) is 1.48. The third-order valence-corrected chi connectivity index (χ3v) is 8.60. The Kier molecular flexibility index (Phi) is 4.09. The van der Waals surface area contributed by atoms with E-state index in [-0.39, 0.29) is 16.3 Å². The van der Waals surface area contributed by atoms with E-state index >= 15 is 0 Å². The van der Waals surface area contributed by atoms with Crippen LogP contribution >= 0.6 is 0 Å². The highest BCUT2D eigenvalue weighted by molar-refractivity contribution is 7.99. The van der Waals surface area contributed by atoms with E-state index in [0.29, 0.717) is 0 Å². The van der Waals surface area contributed by atoms with Crippen LogP contribution < -0.4 is 0 Å². The Morgan fingerprint density at radius 3 is 1.68 bits per heavy atom. The number of benzene rings is 3. The van der Waals surface area contributed by atoms with Gasteiger partial charge in [-0.05, 0) is 47.4 Å². The fraction of sp³-hybridized carbons (Fsp3) is 0.182. The first kappa shape index (κ1) is 16.6. The highest BCUT2D eigenvalue weighted by atomic mass is 32.2. The van der Waals surface area contributed by atoms with E-state index in [2.05, 4.69) is 57.2 Å². The van der Waals surface area contributed by atoms with Gasteiger partial charge in [-0.1, -0.05) is 57.2 Å². The molecule has 0 saturated heterocycles. The van der Waals surface area contributed by atoms with Crippen LogP contribution in [-0.2, 0) is 27.1 Å². The van der Waals surface area contributed by atoms with Crippen molar-refractivity contribution in [1.82, 2.24) is 0 Å². The van der Waals surface area contributed by atoms with E-state index in [4.69, 9.17) is 0 Å². The molecule has 3 aromatic carbocycles. The number of fused-ring (bicyclic) bond motifs is 2. The highest BCUT2D eigenvalue weighted by Gasteiger charge is 2.40. The van der Waals surface area contributed by atoms with E-state index in [9.17, 15) is 4.21 Å². The summed E-state index contributed by atoms with van der Waals surface area (Å²) in [6, 6.07) is 25.3. The largest absolute Gasteiger partial charge is 0.249 e. The second-order valence-corrected chi connectivity index (χ2v) is 10.6. The van der Waals surface area contributed by atoms with Crippen LogP contribution in [0.4, 0.5) is 0 Å². The van der Waals surface area contributed by atoms with Crippen LogP contribution in [0, 0.1) is 0 Å². The van der Waals surface area contributed by atoms with Gasteiger partial charge in [-0.2, -0.15) is 0 Å². The first-order valence-electron chi connectivity index (χ1n) is 8.41. The fourth-order valence-electron chi connectivity index (χ4n) is 3.13. The van der Waals surface area contributed by atoms with Crippen LogP contribution in [0.5, 0.6) is 0 Å². The van der Waals surface area contributed by atoms with Crippen molar-refractivity contribution in [2.45, 2.75) is 50.7 Å². The molecule has 1 aliphatic rings. The SMILES string of the molecule is CC(C)(C)c1ccc([S+]2c3ccccc3S(=O)c3ccccc32)cc1. The summed E-state index contributed by atoms with van der Waals surface area (Å²) in [5, 5.41) is 0. The fourth-order valence-corrected chi connectivity index (χ4v) is 7.34. The minimum absolute atomic E-state index is 0.144. The van der Waals surface area contributed by atoms with Crippen molar-refractivity contribution in [3.05, 3.63) is 78.4 Å². The molecular weight excluding hydrogens is 344 g/mol. The lowest BCUT2D eigenvalue weighted by Crippen LogP contribution is -2.17. The van der Waals surface area contributed by atoms with Crippen molar-refractivity contribution in [1.29, 1.82) is 0 Å². The Hall–Kier alpha value is -1.84. The van der Waals surface area contributed by atoms with Gasteiger partial charge in [0.1, 0.15) is 10.9 Å². The maximum atomic E-state index is 13.0. The number of hydrogen-bond acceptors (Lipinski definition) is 1. The quantitative estimate of drug-likeness (QED) is 0.404. The third-order valence-electron chi connectivity index (χ3n) is 4.49. The molecule has 4 rings (SSSR count). The molecule has 3 heteroatoms. The number of hydrogen-bond donors (Lipinski definition) is 0. The molecule has 0 aromatic heterocycles. The third kappa shape index (κ3) is 2.86. The van der Waals surface area contributed by atoms with Gasteiger partial charge in [-0.25, -0.2) is 4.21 Å². The van der Waals surface area contributed by atoms with Gasteiger partial charge >= 0.3 is 0 Å². The second kappa shape index (κ2) is 6.15. The highest BCUT2D eigenvalue weighted by Crippen LogP contribution is 2.43. The van der Waals surface area contributed by atoms with Crippen molar-refractivity contribution in [3.63, 3.8) is 0 Å². The standard InChI is InChI=1S/C22H21OS2/c1-22(2,3)16-12-14-17(15-13-16)24-18-8-4-6-10-20(18)25(23)21-11-7-5-9-19(21)24/h4-15H,1-3H3/q+1. The summed E-state index contributed by atoms with van der Waals surface area (Å²) in [6.07, 6.45) is 0.